The Bertz CT molecular complexity index is 366. The number of rotatable bonds is 3. The molecule has 1 atom stereocenters. The average Bonchev–Trinajstić information content (AvgIpc) is 2.81. The van der Waals surface area contributed by atoms with Crippen molar-refractivity contribution < 1.29 is 9.13 Å². The quantitative estimate of drug-likeness (QED) is 0.757. The van der Waals surface area contributed by atoms with Crippen LogP contribution in [0.4, 0.5) is 10.1 Å². The van der Waals surface area contributed by atoms with Crippen molar-refractivity contribution in [1.29, 1.82) is 0 Å². The van der Waals surface area contributed by atoms with Gasteiger partial charge < -0.3 is 9.64 Å². The molecule has 0 N–H and O–H groups in total. The summed E-state index contributed by atoms with van der Waals surface area (Å²) < 4.78 is 19.1. The monoisotopic (exact) mass is 243 g/mol. The maximum Gasteiger partial charge on any atom is 0.146 e. The third-order valence-electron chi connectivity index (χ3n) is 3.00. The fraction of sp³-hybridized carbons (Fsp3) is 0.500. The van der Waals surface area contributed by atoms with Gasteiger partial charge in [0.05, 0.1) is 18.3 Å². The summed E-state index contributed by atoms with van der Waals surface area (Å²) in [5, 5.41) is 0. The summed E-state index contributed by atoms with van der Waals surface area (Å²) in [5.74, 6) is 0.125. The van der Waals surface area contributed by atoms with Gasteiger partial charge in [0.15, 0.2) is 0 Å². The van der Waals surface area contributed by atoms with Crippen molar-refractivity contribution in [2.24, 2.45) is 0 Å². The summed E-state index contributed by atoms with van der Waals surface area (Å²) in [6, 6.07) is 5.41. The summed E-state index contributed by atoms with van der Waals surface area (Å²) in [6.45, 7) is 1.43. The third kappa shape index (κ3) is 2.30. The van der Waals surface area contributed by atoms with Crippen molar-refractivity contribution in [3.63, 3.8) is 0 Å². The van der Waals surface area contributed by atoms with E-state index in [0.29, 0.717) is 18.2 Å². The maximum absolute atomic E-state index is 13.8. The molecule has 1 aliphatic rings. The Morgan fingerprint density at radius 2 is 2.38 bits per heavy atom. The fourth-order valence-corrected chi connectivity index (χ4v) is 2.11. The Balaban J connectivity index is 2.19. The van der Waals surface area contributed by atoms with Gasteiger partial charge in [-0.2, -0.15) is 0 Å². The largest absolute Gasteiger partial charge is 0.379 e. The molecule has 16 heavy (non-hydrogen) atoms. The molecule has 0 amide bonds. The minimum Gasteiger partial charge on any atom is -0.379 e. The average molecular weight is 244 g/mol. The molecule has 0 bridgehead atoms. The molecule has 88 valence electrons. The minimum absolute atomic E-state index is 0.215. The van der Waals surface area contributed by atoms with Crippen molar-refractivity contribution in [3.05, 3.63) is 29.6 Å². The van der Waals surface area contributed by atoms with Crippen molar-refractivity contribution in [2.45, 2.75) is 18.3 Å². The SMILES string of the molecule is CN(c1ccc(CCl)cc1F)C1CCOC1. The predicted octanol–water partition coefficient (Wildman–Crippen LogP) is 2.79. The summed E-state index contributed by atoms with van der Waals surface area (Å²) >= 11 is 5.66. The van der Waals surface area contributed by atoms with Crippen LogP contribution >= 0.6 is 11.6 Å². The molecule has 0 aliphatic carbocycles. The molecular weight excluding hydrogens is 229 g/mol. The van der Waals surface area contributed by atoms with Crippen LogP contribution in [0.3, 0.4) is 0 Å². The van der Waals surface area contributed by atoms with Gasteiger partial charge in [-0.15, -0.1) is 11.6 Å². The zero-order valence-corrected chi connectivity index (χ0v) is 10.0. The summed E-state index contributed by atoms with van der Waals surface area (Å²) in [5.41, 5.74) is 1.42. The van der Waals surface area contributed by atoms with Crippen LogP contribution in [0, 0.1) is 5.82 Å². The van der Waals surface area contributed by atoms with E-state index in [4.69, 9.17) is 16.3 Å². The first kappa shape index (κ1) is 11.7. The van der Waals surface area contributed by atoms with Crippen molar-refractivity contribution >= 4 is 17.3 Å². The summed E-state index contributed by atoms with van der Waals surface area (Å²) in [4.78, 5) is 1.94. The number of benzene rings is 1. The maximum atomic E-state index is 13.8. The first-order chi connectivity index (χ1) is 7.72. The lowest BCUT2D eigenvalue weighted by atomic mass is 10.1. The Hall–Kier alpha value is -0.800. The van der Waals surface area contributed by atoms with Gasteiger partial charge in [-0.25, -0.2) is 4.39 Å². The minimum atomic E-state index is -0.215. The molecule has 1 saturated heterocycles. The molecular formula is C12H15ClFNO. The van der Waals surface area contributed by atoms with Crippen molar-refractivity contribution in [2.75, 3.05) is 25.2 Å². The van der Waals surface area contributed by atoms with Crippen LogP contribution < -0.4 is 4.90 Å². The lowest BCUT2D eigenvalue weighted by molar-refractivity contribution is 0.193. The van der Waals surface area contributed by atoms with Crippen LogP contribution in [-0.4, -0.2) is 26.3 Å². The second-order valence-corrected chi connectivity index (χ2v) is 4.31. The van der Waals surface area contributed by atoms with E-state index in [2.05, 4.69) is 0 Å². The second kappa shape index (κ2) is 5.02. The lowest BCUT2D eigenvalue weighted by Crippen LogP contribution is -2.32. The standard InChI is InChI=1S/C12H15ClFNO/c1-15(10-4-5-16-8-10)12-3-2-9(7-13)6-11(12)14/h2-3,6,10H,4-5,7-8H2,1H3. The highest BCUT2D eigenvalue weighted by Gasteiger charge is 2.22. The van der Waals surface area contributed by atoms with Gasteiger partial charge in [0.2, 0.25) is 0 Å². The molecule has 1 fully saturated rings. The van der Waals surface area contributed by atoms with Crippen LogP contribution in [0.25, 0.3) is 0 Å². The number of anilines is 1. The van der Waals surface area contributed by atoms with Gasteiger partial charge in [0, 0.05) is 19.5 Å². The number of halogens is 2. The number of nitrogens with zero attached hydrogens (tertiary/aromatic N) is 1. The smallest absolute Gasteiger partial charge is 0.146 e. The Kier molecular flexibility index (Phi) is 3.66. The number of alkyl halides is 1. The van der Waals surface area contributed by atoms with E-state index in [1.165, 1.54) is 6.07 Å². The number of likely N-dealkylation sites (N-methyl/N-ethyl adjacent to an activating group) is 1. The molecule has 0 saturated carbocycles. The van der Waals surface area contributed by atoms with Gasteiger partial charge in [-0.1, -0.05) is 6.07 Å². The molecule has 1 unspecified atom stereocenters. The predicted molar refractivity (Wildman–Crippen MR) is 63.6 cm³/mol. The summed E-state index contributed by atoms with van der Waals surface area (Å²) in [6.07, 6.45) is 0.952. The molecule has 0 spiro atoms. The van der Waals surface area contributed by atoms with Crippen molar-refractivity contribution in [1.82, 2.24) is 0 Å². The van der Waals surface area contributed by atoms with Crippen molar-refractivity contribution in [3.8, 4) is 0 Å². The molecule has 1 aromatic rings. The van der Waals surface area contributed by atoms with Crippen LogP contribution in [0.5, 0.6) is 0 Å². The third-order valence-corrected chi connectivity index (χ3v) is 3.31. The topological polar surface area (TPSA) is 12.5 Å². The zero-order chi connectivity index (χ0) is 11.5. The Labute approximate surface area is 100.0 Å². The molecule has 2 rings (SSSR count). The molecule has 1 heterocycles. The molecule has 4 heteroatoms. The van der Waals surface area contributed by atoms with Crippen LogP contribution in [0.2, 0.25) is 0 Å². The van der Waals surface area contributed by atoms with Gasteiger partial charge in [0.1, 0.15) is 5.82 Å². The number of ether oxygens (including phenoxy) is 1. The molecule has 1 aliphatic heterocycles. The normalized spacial score (nSPS) is 20.1. The van der Waals surface area contributed by atoms with E-state index in [1.807, 2.05) is 18.0 Å². The van der Waals surface area contributed by atoms with E-state index in [0.717, 1.165) is 18.6 Å². The van der Waals surface area contributed by atoms with Gasteiger partial charge in [0.25, 0.3) is 0 Å². The van der Waals surface area contributed by atoms with Crippen LogP contribution in [-0.2, 0) is 10.6 Å². The first-order valence-corrected chi connectivity index (χ1v) is 5.91. The highest BCUT2D eigenvalue weighted by Crippen LogP contribution is 2.24. The molecule has 0 radical (unpaired) electrons. The molecule has 2 nitrogen and oxygen atoms in total. The Morgan fingerprint density at radius 1 is 1.56 bits per heavy atom. The highest BCUT2D eigenvalue weighted by atomic mass is 35.5. The van der Waals surface area contributed by atoms with Crippen LogP contribution in [0.1, 0.15) is 12.0 Å². The van der Waals surface area contributed by atoms with Crippen LogP contribution in [0.15, 0.2) is 18.2 Å². The molecule has 0 aromatic heterocycles. The second-order valence-electron chi connectivity index (χ2n) is 4.05. The van der Waals surface area contributed by atoms with Gasteiger partial charge >= 0.3 is 0 Å². The van der Waals surface area contributed by atoms with E-state index >= 15 is 0 Å². The van der Waals surface area contributed by atoms with Gasteiger partial charge in [-0.05, 0) is 24.1 Å². The summed E-state index contributed by atoms with van der Waals surface area (Å²) in [7, 11) is 1.90. The van der Waals surface area contributed by atoms with E-state index in [1.54, 1.807) is 6.07 Å². The number of hydrogen-bond acceptors (Lipinski definition) is 2. The number of hydrogen-bond donors (Lipinski definition) is 0. The first-order valence-electron chi connectivity index (χ1n) is 5.37. The highest BCUT2D eigenvalue weighted by molar-refractivity contribution is 6.17. The van der Waals surface area contributed by atoms with E-state index in [-0.39, 0.29) is 11.9 Å². The zero-order valence-electron chi connectivity index (χ0n) is 9.25. The fourth-order valence-electron chi connectivity index (χ4n) is 1.94. The van der Waals surface area contributed by atoms with Gasteiger partial charge in [-0.3, -0.25) is 0 Å². The van der Waals surface area contributed by atoms with E-state index < -0.39 is 0 Å². The lowest BCUT2D eigenvalue weighted by Gasteiger charge is -2.25. The molecule has 1 aromatic carbocycles. The Morgan fingerprint density at radius 3 is 2.94 bits per heavy atom. The van der Waals surface area contributed by atoms with E-state index in [9.17, 15) is 4.39 Å².